The highest BCUT2D eigenvalue weighted by atomic mass is 31.2. The summed E-state index contributed by atoms with van der Waals surface area (Å²) in [5.41, 5.74) is 6.81. The molecular formula is C19H32N7O6P. The third-order valence-corrected chi connectivity index (χ3v) is 6.61. The number of hydrogen-bond donors (Lipinski definition) is 4. The van der Waals surface area contributed by atoms with Gasteiger partial charge in [-0.05, 0) is 27.7 Å². The van der Waals surface area contributed by atoms with Gasteiger partial charge < -0.3 is 24.9 Å². The number of nitrogens with two attached hydrogens (primary N) is 1. The lowest BCUT2D eigenvalue weighted by Crippen LogP contribution is -2.39. The lowest BCUT2D eigenvalue weighted by Gasteiger charge is -2.26. The fourth-order valence-electron chi connectivity index (χ4n) is 2.81. The van der Waals surface area contributed by atoms with E-state index >= 15 is 0 Å². The summed E-state index contributed by atoms with van der Waals surface area (Å²) in [6.07, 6.45) is 1.88. The number of hydrogen-bond acceptors (Lipinski definition) is 9. The van der Waals surface area contributed by atoms with E-state index in [2.05, 4.69) is 25.1 Å². The number of nitrogens with zero attached hydrogens (tertiary/aromatic N) is 4. The molecule has 0 saturated carbocycles. The number of imidazole rings is 1. The SMILES string of the molecule is CC(C)OC(=O)[C@@H](C)CN[P@@](=O)(CO[C@H](C)Cn1cnc2c(N)ncnc21)N[C@H](C)C(=O)O. The van der Waals surface area contributed by atoms with Crippen LogP contribution in [0.25, 0.3) is 11.2 Å². The Balaban J connectivity index is 2.03. The molecule has 2 aromatic rings. The molecule has 0 aliphatic heterocycles. The Morgan fingerprint density at radius 3 is 2.55 bits per heavy atom. The van der Waals surface area contributed by atoms with Crippen molar-refractivity contribution in [2.75, 3.05) is 18.6 Å². The normalized spacial score (nSPS) is 16.3. The molecule has 0 fully saturated rings. The van der Waals surface area contributed by atoms with Crippen LogP contribution in [-0.2, 0) is 30.2 Å². The van der Waals surface area contributed by atoms with Crippen LogP contribution in [0.1, 0.15) is 34.6 Å². The quantitative estimate of drug-likeness (QED) is 0.235. The summed E-state index contributed by atoms with van der Waals surface area (Å²) in [7, 11) is -3.54. The minimum absolute atomic E-state index is 0.0161. The first-order chi connectivity index (χ1) is 15.4. The zero-order valence-corrected chi connectivity index (χ0v) is 20.3. The average molecular weight is 485 g/mol. The standard InChI is InChI=1S/C19H32N7O6P/c1-11(2)32-19(29)12(3)6-24-33(30,25-14(5)18(27)28)10-31-13(4)7-26-9-23-15-16(20)21-8-22-17(15)26/h8-9,11-14H,6-7,10H2,1-5H3,(H,27,28)(H2,20,21,22)(H2,24,25,30)/t12-,13+,14+,33-/m0/s1. The van der Waals surface area contributed by atoms with E-state index in [1.165, 1.54) is 13.3 Å². The number of rotatable bonds is 13. The van der Waals surface area contributed by atoms with E-state index in [-0.39, 0.29) is 24.8 Å². The topological polar surface area (TPSA) is 184 Å². The molecule has 14 heteroatoms. The number of fused-ring (bicyclic) bond motifs is 1. The first kappa shape index (κ1) is 26.7. The first-order valence-electron chi connectivity index (χ1n) is 10.5. The summed E-state index contributed by atoms with van der Waals surface area (Å²) >= 11 is 0. The molecule has 13 nitrogen and oxygen atoms in total. The van der Waals surface area contributed by atoms with Gasteiger partial charge in [-0.25, -0.2) is 20.0 Å². The number of carbonyl (C=O) groups is 2. The van der Waals surface area contributed by atoms with Gasteiger partial charge in [0.1, 0.15) is 24.2 Å². The average Bonchev–Trinajstić information content (AvgIpc) is 3.14. The maximum Gasteiger partial charge on any atom is 0.320 e. The highest BCUT2D eigenvalue weighted by Crippen LogP contribution is 2.37. The predicted molar refractivity (Wildman–Crippen MR) is 121 cm³/mol. The Morgan fingerprint density at radius 1 is 1.21 bits per heavy atom. The highest BCUT2D eigenvalue weighted by Gasteiger charge is 2.30. The monoisotopic (exact) mass is 485 g/mol. The van der Waals surface area contributed by atoms with Gasteiger partial charge in [0, 0.05) is 6.54 Å². The molecule has 0 spiro atoms. The summed E-state index contributed by atoms with van der Waals surface area (Å²) in [6.45, 7) is 8.59. The molecule has 2 heterocycles. The van der Waals surface area contributed by atoms with Gasteiger partial charge in [-0.3, -0.25) is 19.2 Å². The second-order valence-electron chi connectivity index (χ2n) is 8.11. The van der Waals surface area contributed by atoms with Gasteiger partial charge in [0.2, 0.25) is 7.44 Å². The van der Waals surface area contributed by atoms with Crippen LogP contribution in [0, 0.1) is 5.92 Å². The number of esters is 1. The molecule has 0 radical (unpaired) electrons. The summed E-state index contributed by atoms with van der Waals surface area (Å²) in [5.74, 6) is -1.95. The molecule has 2 aromatic heterocycles. The Morgan fingerprint density at radius 2 is 1.91 bits per heavy atom. The second-order valence-corrected chi connectivity index (χ2v) is 10.4. The number of nitrogens with one attached hydrogen (secondary N) is 2. The number of carboxylic acids is 1. The van der Waals surface area contributed by atoms with E-state index in [1.807, 2.05) is 0 Å². The zero-order valence-electron chi connectivity index (χ0n) is 19.4. The molecule has 0 aromatic carbocycles. The van der Waals surface area contributed by atoms with Crippen molar-refractivity contribution >= 4 is 36.4 Å². The highest BCUT2D eigenvalue weighted by molar-refractivity contribution is 7.59. The lowest BCUT2D eigenvalue weighted by molar-refractivity contribution is -0.151. The summed E-state index contributed by atoms with van der Waals surface area (Å²) in [4.78, 5) is 35.6. The number of carboxylic acid groups (broad SMARTS) is 1. The van der Waals surface area contributed by atoms with Crippen LogP contribution in [-0.4, -0.2) is 67.7 Å². The summed E-state index contributed by atoms with van der Waals surface area (Å²) < 4.78 is 26.1. The Hall–Kier alpha value is -2.60. The Kier molecular flexibility index (Phi) is 9.29. The molecule has 4 atom stereocenters. The number of carbonyl (C=O) groups excluding carboxylic acids is 1. The molecule has 0 saturated heterocycles. The van der Waals surface area contributed by atoms with Gasteiger partial charge in [-0.2, -0.15) is 0 Å². The van der Waals surface area contributed by atoms with Gasteiger partial charge in [0.25, 0.3) is 0 Å². The fraction of sp³-hybridized carbons (Fsp3) is 0.632. The largest absolute Gasteiger partial charge is 0.480 e. The van der Waals surface area contributed by atoms with Crippen molar-refractivity contribution in [1.82, 2.24) is 29.7 Å². The van der Waals surface area contributed by atoms with E-state index in [4.69, 9.17) is 15.2 Å². The number of aliphatic carboxylic acids is 1. The third-order valence-electron chi connectivity index (χ3n) is 4.60. The van der Waals surface area contributed by atoms with Crippen LogP contribution in [0.3, 0.4) is 0 Å². The molecule has 5 N–H and O–H groups in total. The van der Waals surface area contributed by atoms with Crippen molar-refractivity contribution in [3.8, 4) is 0 Å². The third kappa shape index (κ3) is 7.74. The fourth-order valence-corrected chi connectivity index (χ4v) is 4.83. The molecule has 0 bridgehead atoms. The minimum atomic E-state index is -3.54. The van der Waals surface area contributed by atoms with Crippen LogP contribution < -0.4 is 15.9 Å². The van der Waals surface area contributed by atoms with Crippen molar-refractivity contribution in [3.63, 3.8) is 0 Å². The molecule has 0 unspecified atom stereocenters. The van der Waals surface area contributed by atoms with Gasteiger partial charge in [-0.15, -0.1) is 0 Å². The van der Waals surface area contributed by atoms with E-state index in [0.717, 1.165) is 0 Å². The van der Waals surface area contributed by atoms with Gasteiger partial charge in [-0.1, -0.05) is 6.92 Å². The maximum absolute atomic E-state index is 13.4. The molecular weight excluding hydrogens is 453 g/mol. The van der Waals surface area contributed by atoms with Crippen LogP contribution >= 0.6 is 7.44 Å². The zero-order chi connectivity index (χ0) is 24.8. The van der Waals surface area contributed by atoms with Crippen molar-refractivity contribution in [2.45, 2.75) is 59.4 Å². The Labute approximate surface area is 191 Å². The van der Waals surface area contributed by atoms with Crippen molar-refractivity contribution in [1.29, 1.82) is 0 Å². The van der Waals surface area contributed by atoms with Crippen LogP contribution in [0.2, 0.25) is 0 Å². The lowest BCUT2D eigenvalue weighted by atomic mass is 10.2. The number of ether oxygens (including phenoxy) is 2. The first-order valence-corrected chi connectivity index (χ1v) is 12.4. The molecule has 0 amide bonds. The van der Waals surface area contributed by atoms with Gasteiger partial charge >= 0.3 is 11.9 Å². The van der Waals surface area contributed by atoms with Crippen molar-refractivity contribution in [2.24, 2.45) is 5.92 Å². The predicted octanol–water partition coefficient (Wildman–Crippen LogP) is 1.20. The van der Waals surface area contributed by atoms with E-state index in [0.29, 0.717) is 17.7 Å². The van der Waals surface area contributed by atoms with Crippen LogP contribution in [0.15, 0.2) is 12.7 Å². The molecule has 2 rings (SSSR count). The smallest absolute Gasteiger partial charge is 0.320 e. The van der Waals surface area contributed by atoms with Crippen LogP contribution in [0.4, 0.5) is 5.82 Å². The van der Waals surface area contributed by atoms with E-state index in [9.17, 15) is 19.3 Å². The molecule has 0 aliphatic rings. The van der Waals surface area contributed by atoms with Gasteiger partial charge in [0.05, 0.1) is 31.0 Å². The molecule has 0 aliphatic carbocycles. The minimum Gasteiger partial charge on any atom is -0.480 e. The second kappa shape index (κ2) is 11.5. The summed E-state index contributed by atoms with van der Waals surface area (Å²) in [5, 5.41) is 14.6. The van der Waals surface area contributed by atoms with E-state index < -0.39 is 37.4 Å². The number of aromatic nitrogens is 4. The van der Waals surface area contributed by atoms with E-state index in [1.54, 1.807) is 38.6 Å². The maximum atomic E-state index is 13.4. The molecule has 184 valence electrons. The number of anilines is 1. The van der Waals surface area contributed by atoms with Gasteiger partial charge in [0.15, 0.2) is 11.5 Å². The Bertz CT molecular complexity index is 1010. The summed E-state index contributed by atoms with van der Waals surface area (Å²) in [6, 6.07) is -1.10. The van der Waals surface area contributed by atoms with Crippen LogP contribution in [0.5, 0.6) is 0 Å². The number of nitrogen functional groups attached to an aromatic ring is 1. The van der Waals surface area contributed by atoms with Crippen molar-refractivity contribution < 1.29 is 28.7 Å². The van der Waals surface area contributed by atoms with Crippen molar-refractivity contribution in [3.05, 3.63) is 12.7 Å². The molecule has 33 heavy (non-hydrogen) atoms.